The van der Waals surface area contributed by atoms with Crippen molar-refractivity contribution in [2.24, 2.45) is 5.41 Å². The summed E-state index contributed by atoms with van der Waals surface area (Å²) in [5.41, 5.74) is -2.79. The molecule has 7 nitrogen and oxygen atoms in total. The molecule has 3 aliphatic carbocycles. The molecule has 0 radical (unpaired) electrons. The first-order chi connectivity index (χ1) is 16.4. The predicted molar refractivity (Wildman–Crippen MR) is 117 cm³/mol. The molecule has 2 aromatic rings. The molecule has 5 rings (SSSR count). The molecule has 2 amide bonds. The average molecular weight is 516 g/mol. The van der Waals surface area contributed by atoms with Crippen LogP contribution in [0, 0.1) is 11.2 Å². The van der Waals surface area contributed by atoms with E-state index in [4.69, 9.17) is 16.3 Å². The SMILES string of the molecule is O=C(COc1ccc(Cl)c(F)c1)NC12CCC(C(=O)Nc3ccc(C(F)(F)F)cn3)(CC1)[C@@H](O)C2. The summed E-state index contributed by atoms with van der Waals surface area (Å²) in [6, 6.07) is 5.69. The molecular formula is C23H22ClF4N3O4. The Morgan fingerprint density at radius 3 is 2.46 bits per heavy atom. The smallest absolute Gasteiger partial charge is 0.417 e. The molecule has 3 aliphatic rings. The van der Waals surface area contributed by atoms with Gasteiger partial charge in [-0.3, -0.25) is 9.59 Å². The standard InChI is InChI=1S/C23H22ClF4N3O4/c24-15-3-2-14(9-16(15)25)35-12-19(33)31-21-5-7-22(8-6-21,17(32)10-21)20(34)30-18-4-1-13(11-29-18)23(26,27)28/h1-4,9,11,17,32H,5-8,10,12H2,(H,31,33)(H,29,30,34)/t17-,21?,22?/m0/s1. The van der Waals surface area contributed by atoms with Gasteiger partial charge in [0.2, 0.25) is 5.91 Å². The number of amides is 2. The number of nitrogens with one attached hydrogen (secondary N) is 2. The van der Waals surface area contributed by atoms with Gasteiger partial charge in [-0.25, -0.2) is 9.37 Å². The van der Waals surface area contributed by atoms with Gasteiger partial charge >= 0.3 is 6.18 Å². The van der Waals surface area contributed by atoms with E-state index in [1.807, 2.05) is 0 Å². The van der Waals surface area contributed by atoms with Gasteiger partial charge in [0.05, 0.1) is 22.1 Å². The summed E-state index contributed by atoms with van der Waals surface area (Å²) in [6.07, 6.45) is -3.49. The van der Waals surface area contributed by atoms with Crippen LogP contribution in [0.15, 0.2) is 36.5 Å². The summed E-state index contributed by atoms with van der Waals surface area (Å²) in [6.45, 7) is -0.371. The van der Waals surface area contributed by atoms with Gasteiger partial charge < -0.3 is 20.5 Å². The van der Waals surface area contributed by atoms with Crippen molar-refractivity contribution in [3.63, 3.8) is 0 Å². The number of hydrogen-bond donors (Lipinski definition) is 3. The first-order valence-corrected chi connectivity index (χ1v) is 11.2. The Hall–Kier alpha value is -2.92. The molecule has 0 aliphatic heterocycles. The number of pyridine rings is 1. The highest BCUT2D eigenvalue weighted by atomic mass is 35.5. The monoisotopic (exact) mass is 515 g/mol. The highest BCUT2D eigenvalue weighted by molar-refractivity contribution is 6.30. The van der Waals surface area contributed by atoms with Crippen LogP contribution in [0.2, 0.25) is 5.02 Å². The lowest BCUT2D eigenvalue weighted by molar-refractivity contribution is -0.151. The number of anilines is 1. The zero-order valence-corrected chi connectivity index (χ0v) is 19.0. The zero-order valence-electron chi connectivity index (χ0n) is 18.3. The Kier molecular flexibility index (Phi) is 6.67. The van der Waals surface area contributed by atoms with E-state index < -0.39 is 46.4 Å². The van der Waals surface area contributed by atoms with Crippen LogP contribution in [0.5, 0.6) is 5.75 Å². The van der Waals surface area contributed by atoms with Crippen molar-refractivity contribution in [2.45, 2.75) is 49.9 Å². The number of rotatable bonds is 6. The third kappa shape index (κ3) is 5.20. The molecule has 1 heterocycles. The Labute approximate surface area is 202 Å². The van der Waals surface area contributed by atoms with Gasteiger partial charge in [0.25, 0.3) is 5.91 Å². The van der Waals surface area contributed by atoms with Gasteiger partial charge in [-0.05, 0) is 56.4 Å². The fourth-order valence-corrected chi connectivity index (χ4v) is 4.87. The van der Waals surface area contributed by atoms with Crippen molar-refractivity contribution < 1.29 is 37.0 Å². The van der Waals surface area contributed by atoms with Gasteiger partial charge in [-0.15, -0.1) is 0 Å². The van der Waals surface area contributed by atoms with Crippen LogP contribution < -0.4 is 15.4 Å². The highest BCUT2D eigenvalue weighted by Crippen LogP contribution is 2.53. The summed E-state index contributed by atoms with van der Waals surface area (Å²) >= 11 is 5.62. The summed E-state index contributed by atoms with van der Waals surface area (Å²) < 4.78 is 57.0. The van der Waals surface area contributed by atoms with E-state index in [1.165, 1.54) is 12.1 Å². The van der Waals surface area contributed by atoms with Crippen LogP contribution in [0.4, 0.5) is 23.4 Å². The number of nitrogens with zero attached hydrogens (tertiary/aromatic N) is 1. The minimum atomic E-state index is -4.54. The van der Waals surface area contributed by atoms with E-state index in [9.17, 15) is 32.3 Å². The Morgan fingerprint density at radius 2 is 1.89 bits per heavy atom. The molecule has 188 valence electrons. The number of ether oxygens (including phenoxy) is 1. The summed E-state index contributed by atoms with van der Waals surface area (Å²) in [5, 5.41) is 16.1. The van der Waals surface area contributed by atoms with Crippen molar-refractivity contribution in [3.05, 3.63) is 52.9 Å². The van der Waals surface area contributed by atoms with Crippen LogP contribution >= 0.6 is 11.6 Å². The van der Waals surface area contributed by atoms with Crippen molar-refractivity contribution in [2.75, 3.05) is 11.9 Å². The summed E-state index contributed by atoms with van der Waals surface area (Å²) in [5.74, 6) is -1.56. The zero-order chi connectivity index (χ0) is 25.4. The third-order valence-corrected chi connectivity index (χ3v) is 7.08. The van der Waals surface area contributed by atoms with E-state index in [0.29, 0.717) is 19.0 Å². The average Bonchev–Trinajstić information content (AvgIpc) is 2.80. The van der Waals surface area contributed by atoms with Gasteiger partial charge in [-0.2, -0.15) is 13.2 Å². The maximum atomic E-state index is 13.5. The molecule has 0 unspecified atom stereocenters. The lowest BCUT2D eigenvalue weighted by atomic mass is 9.55. The van der Waals surface area contributed by atoms with Gasteiger partial charge in [0, 0.05) is 17.8 Å². The number of fused-ring (bicyclic) bond motifs is 3. The number of alkyl halides is 3. The topological polar surface area (TPSA) is 101 Å². The number of benzene rings is 1. The van der Waals surface area contributed by atoms with Gasteiger partial charge in [0.15, 0.2) is 6.61 Å². The Morgan fingerprint density at radius 1 is 1.17 bits per heavy atom. The molecule has 0 spiro atoms. The molecule has 3 N–H and O–H groups in total. The largest absolute Gasteiger partial charge is 0.484 e. The normalized spacial score (nSPS) is 25.7. The second-order valence-electron chi connectivity index (χ2n) is 8.95. The van der Waals surface area contributed by atoms with Crippen LogP contribution in [-0.4, -0.2) is 40.2 Å². The Balaban J connectivity index is 1.34. The number of carbonyl (C=O) groups excluding carboxylic acids is 2. The minimum Gasteiger partial charge on any atom is -0.484 e. The van der Waals surface area contributed by atoms with Crippen LogP contribution in [0.1, 0.15) is 37.7 Å². The number of hydrogen-bond acceptors (Lipinski definition) is 5. The first-order valence-electron chi connectivity index (χ1n) is 10.8. The number of aliphatic hydroxyl groups is 1. The minimum absolute atomic E-state index is 0.0453. The van der Waals surface area contributed by atoms with Crippen LogP contribution in [0.3, 0.4) is 0 Å². The van der Waals surface area contributed by atoms with Crippen molar-refractivity contribution >= 4 is 29.2 Å². The number of halogens is 5. The molecule has 3 fully saturated rings. The molecule has 2 bridgehead atoms. The molecule has 1 aromatic carbocycles. The van der Waals surface area contributed by atoms with E-state index in [0.717, 1.165) is 18.2 Å². The Bertz CT molecular complexity index is 1120. The lowest BCUT2D eigenvalue weighted by Crippen LogP contribution is -2.65. The molecule has 35 heavy (non-hydrogen) atoms. The van der Waals surface area contributed by atoms with Crippen molar-refractivity contribution in [1.82, 2.24) is 10.3 Å². The van der Waals surface area contributed by atoms with Crippen LogP contribution in [0.25, 0.3) is 0 Å². The third-order valence-electron chi connectivity index (χ3n) is 6.77. The highest BCUT2D eigenvalue weighted by Gasteiger charge is 2.58. The van der Waals surface area contributed by atoms with Crippen molar-refractivity contribution in [3.8, 4) is 5.75 Å². The first kappa shape index (κ1) is 25.2. The fourth-order valence-electron chi connectivity index (χ4n) is 4.76. The lowest BCUT2D eigenvalue weighted by Gasteiger charge is -2.55. The second-order valence-corrected chi connectivity index (χ2v) is 9.36. The van der Waals surface area contributed by atoms with E-state index in [2.05, 4.69) is 15.6 Å². The number of aromatic nitrogens is 1. The molecule has 3 saturated carbocycles. The predicted octanol–water partition coefficient (Wildman–Crippen LogP) is 4.09. The van der Waals surface area contributed by atoms with Crippen molar-refractivity contribution in [1.29, 1.82) is 0 Å². The molecule has 12 heteroatoms. The number of carbonyl (C=O) groups is 2. The van der Waals surface area contributed by atoms with Gasteiger partial charge in [0.1, 0.15) is 17.4 Å². The van der Waals surface area contributed by atoms with E-state index in [1.54, 1.807) is 0 Å². The molecule has 0 saturated heterocycles. The maximum Gasteiger partial charge on any atom is 0.417 e. The number of aliphatic hydroxyl groups excluding tert-OH is 1. The summed E-state index contributed by atoms with van der Waals surface area (Å²) in [7, 11) is 0. The molecule has 1 aromatic heterocycles. The summed E-state index contributed by atoms with van der Waals surface area (Å²) in [4.78, 5) is 29.1. The second kappa shape index (κ2) is 9.27. The van der Waals surface area contributed by atoms with E-state index >= 15 is 0 Å². The quantitative estimate of drug-likeness (QED) is 0.503. The molecular weight excluding hydrogens is 494 g/mol. The van der Waals surface area contributed by atoms with Crippen LogP contribution in [-0.2, 0) is 15.8 Å². The molecule has 1 atom stereocenters. The van der Waals surface area contributed by atoms with E-state index in [-0.39, 0.29) is 42.5 Å². The maximum absolute atomic E-state index is 13.5. The van der Waals surface area contributed by atoms with Gasteiger partial charge in [-0.1, -0.05) is 11.6 Å². The fraction of sp³-hybridized carbons (Fsp3) is 0.435.